The third-order valence-corrected chi connectivity index (χ3v) is 4.07. The van der Waals surface area contributed by atoms with Crippen LogP contribution in [0.2, 0.25) is 5.02 Å². The molecule has 0 aliphatic carbocycles. The lowest BCUT2D eigenvalue weighted by atomic mass is 10.0. The number of carbonyl (C=O) groups excluding carboxylic acids is 1. The Bertz CT molecular complexity index is 992. The van der Waals surface area contributed by atoms with Gasteiger partial charge in [0.25, 0.3) is 0 Å². The second-order valence-electron chi connectivity index (χ2n) is 5.15. The molecule has 0 unspecified atom stereocenters. The molecule has 1 aromatic heterocycles. The third kappa shape index (κ3) is 2.89. The minimum absolute atomic E-state index is 0.110. The maximum absolute atomic E-state index is 14.5. The molecule has 0 bridgehead atoms. The predicted octanol–water partition coefficient (Wildman–Crippen LogP) is 4.63. The normalized spacial score (nSPS) is 10.8. The number of carbonyl (C=O) groups is 1. The highest BCUT2D eigenvalue weighted by atomic mass is 35.5. The molecular weight excluding hydrogens is 352 g/mol. The van der Waals surface area contributed by atoms with Gasteiger partial charge in [-0.3, -0.25) is 4.98 Å². The van der Waals surface area contributed by atoms with Crippen molar-refractivity contribution in [1.29, 1.82) is 0 Å². The molecule has 0 atom stereocenters. The molecule has 0 saturated heterocycles. The molecule has 7 heteroatoms. The number of ether oxygens (including phenoxy) is 2. The number of esters is 1. The number of nitrogens with zero attached hydrogens (tertiary/aromatic N) is 1. The first-order valence-corrected chi connectivity index (χ1v) is 7.54. The van der Waals surface area contributed by atoms with Gasteiger partial charge in [0.05, 0.1) is 36.1 Å². The van der Waals surface area contributed by atoms with Crippen molar-refractivity contribution in [3.8, 4) is 17.0 Å². The average molecular weight is 364 g/mol. The zero-order chi connectivity index (χ0) is 18.1. The topological polar surface area (TPSA) is 48.4 Å². The van der Waals surface area contributed by atoms with Crippen LogP contribution in [0.1, 0.15) is 10.4 Å². The van der Waals surface area contributed by atoms with Gasteiger partial charge in [0, 0.05) is 17.0 Å². The van der Waals surface area contributed by atoms with Crippen molar-refractivity contribution in [2.75, 3.05) is 14.2 Å². The van der Waals surface area contributed by atoms with Crippen LogP contribution in [0, 0.1) is 11.6 Å². The van der Waals surface area contributed by atoms with Crippen molar-refractivity contribution in [1.82, 2.24) is 4.98 Å². The number of hydrogen-bond acceptors (Lipinski definition) is 4. The third-order valence-electron chi connectivity index (χ3n) is 3.77. The molecule has 4 nitrogen and oxygen atoms in total. The minimum Gasteiger partial charge on any atom is -0.496 e. The Hall–Kier alpha value is -2.73. The molecule has 3 rings (SSSR count). The lowest BCUT2D eigenvalue weighted by molar-refractivity contribution is 0.0601. The SMILES string of the molecule is COC(=O)c1ccc2c(Cl)cnc(-c3c(OC)ccc(F)c3F)c2c1. The van der Waals surface area contributed by atoms with Crippen LogP contribution in [0.5, 0.6) is 5.75 Å². The van der Waals surface area contributed by atoms with Gasteiger partial charge < -0.3 is 9.47 Å². The Labute approximate surface area is 147 Å². The van der Waals surface area contributed by atoms with Crippen LogP contribution in [0.4, 0.5) is 8.78 Å². The van der Waals surface area contributed by atoms with Crippen molar-refractivity contribution in [3.05, 3.63) is 58.7 Å². The zero-order valence-electron chi connectivity index (χ0n) is 13.3. The summed E-state index contributed by atoms with van der Waals surface area (Å²) in [6.07, 6.45) is 1.33. The number of pyridine rings is 1. The van der Waals surface area contributed by atoms with E-state index < -0.39 is 17.6 Å². The van der Waals surface area contributed by atoms with Crippen molar-refractivity contribution in [2.24, 2.45) is 0 Å². The molecule has 25 heavy (non-hydrogen) atoms. The number of hydrogen-bond donors (Lipinski definition) is 0. The average Bonchev–Trinajstić information content (AvgIpc) is 2.63. The van der Waals surface area contributed by atoms with E-state index in [4.69, 9.17) is 21.1 Å². The van der Waals surface area contributed by atoms with Crippen LogP contribution in [-0.4, -0.2) is 25.2 Å². The highest BCUT2D eigenvalue weighted by molar-refractivity contribution is 6.35. The summed E-state index contributed by atoms with van der Waals surface area (Å²) in [5.41, 5.74) is 0.196. The molecule has 0 aliphatic heterocycles. The lowest BCUT2D eigenvalue weighted by Gasteiger charge is -2.13. The quantitative estimate of drug-likeness (QED) is 0.637. The standard InChI is InChI=1S/C18H12ClF2NO3/c1-24-14-6-5-13(20)16(21)15(14)17-11-7-9(18(23)25-2)3-4-10(11)12(19)8-22-17/h3-8H,1-2H3. The van der Waals surface area contributed by atoms with E-state index in [1.165, 1.54) is 38.6 Å². The molecule has 0 N–H and O–H groups in total. The summed E-state index contributed by atoms with van der Waals surface area (Å²) in [6, 6.07) is 6.87. The first-order valence-electron chi connectivity index (χ1n) is 7.17. The molecule has 1 heterocycles. The van der Waals surface area contributed by atoms with Crippen LogP contribution in [0.15, 0.2) is 36.5 Å². The van der Waals surface area contributed by atoms with Crippen molar-refractivity contribution < 1.29 is 23.0 Å². The molecule has 0 fully saturated rings. The van der Waals surface area contributed by atoms with Gasteiger partial charge in [0.1, 0.15) is 5.75 Å². The van der Waals surface area contributed by atoms with Gasteiger partial charge in [-0.05, 0) is 24.3 Å². The molecule has 0 radical (unpaired) electrons. The van der Waals surface area contributed by atoms with E-state index in [9.17, 15) is 13.6 Å². The zero-order valence-corrected chi connectivity index (χ0v) is 14.0. The molecule has 3 aromatic rings. The van der Waals surface area contributed by atoms with Crippen molar-refractivity contribution >= 4 is 28.3 Å². The van der Waals surface area contributed by atoms with Gasteiger partial charge in [-0.1, -0.05) is 17.7 Å². The van der Waals surface area contributed by atoms with Crippen LogP contribution >= 0.6 is 11.6 Å². The van der Waals surface area contributed by atoms with Gasteiger partial charge in [0.2, 0.25) is 0 Å². The second-order valence-corrected chi connectivity index (χ2v) is 5.55. The summed E-state index contributed by atoms with van der Waals surface area (Å²) >= 11 is 6.15. The van der Waals surface area contributed by atoms with Gasteiger partial charge in [0.15, 0.2) is 11.6 Å². The highest BCUT2D eigenvalue weighted by Gasteiger charge is 2.21. The molecule has 0 aliphatic rings. The summed E-state index contributed by atoms with van der Waals surface area (Å²) < 4.78 is 38.1. The Morgan fingerprint density at radius 1 is 1.12 bits per heavy atom. The molecule has 0 saturated carbocycles. The van der Waals surface area contributed by atoms with E-state index in [2.05, 4.69) is 4.98 Å². The Kier molecular flexibility index (Phi) is 4.55. The lowest BCUT2D eigenvalue weighted by Crippen LogP contribution is -2.02. The van der Waals surface area contributed by atoms with E-state index in [1.54, 1.807) is 6.07 Å². The fraction of sp³-hybridized carbons (Fsp3) is 0.111. The summed E-state index contributed by atoms with van der Waals surface area (Å²) in [5.74, 6) is -2.60. The number of benzene rings is 2. The Morgan fingerprint density at radius 2 is 1.88 bits per heavy atom. The van der Waals surface area contributed by atoms with E-state index >= 15 is 0 Å². The number of methoxy groups -OCH3 is 2. The number of aromatic nitrogens is 1. The second kappa shape index (κ2) is 6.64. The van der Waals surface area contributed by atoms with Crippen LogP contribution < -0.4 is 4.74 Å². The first kappa shape index (κ1) is 17.1. The Morgan fingerprint density at radius 3 is 2.56 bits per heavy atom. The Balaban J connectivity index is 2.39. The fourth-order valence-corrected chi connectivity index (χ4v) is 2.79. The van der Waals surface area contributed by atoms with Gasteiger partial charge in [-0.25, -0.2) is 13.6 Å². The van der Waals surface area contributed by atoms with Gasteiger partial charge in [-0.15, -0.1) is 0 Å². The molecular formula is C18H12ClF2NO3. The van der Waals surface area contributed by atoms with Crippen molar-refractivity contribution in [3.63, 3.8) is 0 Å². The van der Waals surface area contributed by atoms with E-state index in [-0.39, 0.29) is 22.6 Å². The van der Waals surface area contributed by atoms with Crippen LogP contribution in [-0.2, 0) is 4.74 Å². The molecule has 128 valence electrons. The summed E-state index contributed by atoms with van der Waals surface area (Å²) in [5, 5.41) is 1.22. The largest absolute Gasteiger partial charge is 0.496 e. The molecule has 0 spiro atoms. The van der Waals surface area contributed by atoms with Crippen molar-refractivity contribution in [2.45, 2.75) is 0 Å². The first-order chi connectivity index (χ1) is 12.0. The highest BCUT2D eigenvalue weighted by Crippen LogP contribution is 2.38. The summed E-state index contributed by atoms with van der Waals surface area (Å²) in [4.78, 5) is 15.9. The molecule has 0 amide bonds. The van der Waals surface area contributed by atoms with E-state index in [0.29, 0.717) is 15.8 Å². The van der Waals surface area contributed by atoms with Crippen LogP contribution in [0.3, 0.4) is 0 Å². The van der Waals surface area contributed by atoms with E-state index in [1.807, 2.05) is 0 Å². The maximum atomic E-state index is 14.5. The minimum atomic E-state index is -1.10. The number of fused-ring (bicyclic) bond motifs is 1. The summed E-state index contributed by atoms with van der Waals surface area (Å²) in [7, 11) is 2.59. The molecule has 2 aromatic carbocycles. The van der Waals surface area contributed by atoms with Gasteiger partial charge >= 0.3 is 5.97 Å². The summed E-state index contributed by atoms with van der Waals surface area (Å²) in [6.45, 7) is 0. The smallest absolute Gasteiger partial charge is 0.337 e. The fourth-order valence-electron chi connectivity index (χ4n) is 2.58. The number of halogens is 3. The predicted molar refractivity (Wildman–Crippen MR) is 90.0 cm³/mol. The van der Waals surface area contributed by atoms with Crippen LogP contribution in [0.25, 0.3) is 22.0 Å². The van der Waals surface area contributed by atoms with Gasteiger partial charge in [-0.2, -0.15) is 0 Å². The number of rotatable bonds is 3. The monoisotopic (exact) mass is 363 g/mol. The van der Waals surface area contributed by atoms with E-state index in [0.717, 1.165) is 6.07 Å². The maximum Gasteiger partial charge on any atom is 0.337 e.